The second kappa shape index (κ2) is 7.36. The Morgan fingerprint density at radius 1 is 1.14 bits per heavy atom. The number of amides is 1. The zero-order valence-corrected chi connectivity index (χ0v) is 14.6. The molecule has 0 radical (unpaired) electrons. The Kier molecular flexibility index (Phi) is 4.59. The van der Waals surface area contributed by atoms with Crippen molar-refractivity contribution in [1.29, 1.82) is 0 Å². The summed E-state index contributed by atoms with van der Waals surface area (Å²) in [6.45, 7) is 0.00878. The van der Waals surface area contributed by atoms with Gasteiger partial charge in [-0.1, -0.05) is 42.5 Å². The van der Waals surface area contributed by atoms with Gasteiger partial charge in [-0.25, -0.2) is 5.43 Å². The number of hydrogen-bond donors (Lipinski definition) is 1. The van der Waals surface area contributed by atoms with Crippen LogP contribution in [0.15, 0.2) is 59.7 Å². The monoisotopic (exact) mass is 377 g/mol. The number of nitro groups is 1. The van der Waals surface area contributed by atoms with Crippen LogP contribution in [-0.4, -0.2) is 23.8 Å². The van der Waals surface area contributed by atoms with Gasteiger partial charge in [-0.15, -0.1) is 0 Å². The first-order valence-corrected chi connectivity index (χ1v) is 8.48. The molecule has 4 rings (SSSR count). The lowest BCUT2D eigenvalue weighted by atomic mass is 10.0. The first-order chi connectivity index (χ1) is 13.6. The average Bonchev–Trinajstić information content (AvgIpc) is 3.15. The van der Waals surface area contributed by atoms with Crippen molar-refractivity contribution in [2.45, 2.75) is 6.42 Å². The normalized spacial score (nSPS) is 12.4. The summed E-state index contributed by atoms with van der Waals surface area (Å²) in [7, 11) is 0. The highest BCUT2D eigenvalue weighted by Gasteiger charge is 2.22. The summed E-state index contributed by atoms with van der Waals surface area (Å²) in [6.07, 6.45) is 1.36. The van der Waals surface area contributed by atoms with Crippen LogP contribution in [-0.2, 0) is 11.2 Å². The van der Waals surface area contributed by atoms with Crippen LogP contribution >= 0.6 is 0 Å². The van der Waals surface area contributed by atoms with Crippen molar-refractivity contribution in [1.82, 2.24) is 5.43 Å². The average molecular weight is 377 g/mol. The molecule has 1 amide bonds. The van der Waals surface area contributed by atoms with Crippen molar-refractivity contribution < 1.29 is 19.2 Å². The maximum absolute atomic E-state index is 12.2. The fraction of sp³-hybridized carbons (Fsp3) is 0.100. The Morgan fingerprint density at radius 2 is 1.89 bits per heavy atom. The zero-order chi connectivity index (χ0) is 19.5. The Bertz CT molecular complexity index is 1100. The predicted molar refractivity (Wildman–Crippen MR) is 103 cm³/mol. The van der Waals surface area contributed by atoms with Crippen LogP contribution in [0, 0.1) is 10.1 Å². The van der Waals surface area contributed by atoms with Crippen LogP contribution in [0.3, 0.4) is 0 Å². The lowest BCUT2D eigenvalue weighted by Gasteiger charge is -2.05. The van der Waals surface area contributed by atoms with Crippen LogP contribution in [0.25, 0.3) is 10.8 Å². The van der Waals surface area contributed by atoms with Crippen molar-refractivity contribution in [2.75, 3.05) is 6.79 Å². The number of benzene rings is 3. The van der Waals surface area contributed by atoms with E-state index in [0.29, 0.717) is 11.5 Å². The SMILES string of the molecule is O=C(Cc1cccc2ccccc12)N/N=C/c1cc2c(cc1[N+](=O)[O-])OCO2. The minimum Gasteiger partial charge on any atom is -0.454 e. The number of fused-ring (bicyclic) bond motifs is 2. The van der Waals surface area contributed by atoms with Gasteiger partial charge in [-0.3, -0.25) is 14.9 Å². The summed E-state index contributed by atoms with van der Waals surface area (Å²) in [5.74, 6) is 0.383. The highest BCUT2D eigenvalue weighted by molar-refractivity contribution is 5.91. The van der Waals surface area contributed by atoms with Crippen molar-refractivity contribution in [2.24, 2.45) is 5.10 Å². The van der Waals surface area contributed by atoms with E-state index in [1.807, 2.05) is 42.5 Å². The van der Waals surface area contributed by atoms with Crippen molar-refractivity contribution in [3.8, 4) is 11.5 Å². The Balaban J connectivity index is 1.49. The smallest absolute Gasteiger partial charge is 0.282 e. The van der Waals surface area contributed by atoms with E-state index in [2.05, 4.69) is 10.5 Å². The molecule has 0 atom stereocenters. The second-order valence-corrected chi connectivity index (χ2v) is 6.13. The number of nitrogens with zero attached hydrogens (tertiary/aromatic N) is 2. The molecule has 8 nitrogen and oxygen atoms in total. The van der Waals surface area contributed by atoms with E-state index in [0.717, 1.165) is 16.3 Å². The third-order valence-corrected chi connectivity index (χ3v) is 4.34. The van der Waals surface area contributed by atoms with Gasteiger partial charge < -0.3 is 9.47 Å². The minimum absolute atomic E-state index is 0.00878. The van der Waals surface area contributed by atoms with Gasteiger partial charge >= 0.3 is 0 Å². The molecular weight excluding hydrogens is 362 g/mol. The molecule has 1 aliphatic rings. The summed E-state index contributed by atoms with van der Waals surface area (Å²) in [5.41, 5.74) is 3.31. The highest BCUT2D eigenvalue weighted by Crippen LogP contribution is 2.37. The number of carbonyl (C=O) groups is 1. The molecule has 0 aromatic heterocycles. The van der Waals surface area contributed by atoms with E-state index in [4.69, 9.17) is 9.47 Å². The van der Waals surface area contributed by atoms with Crippen molar-refractivity contribution >= 4 is 28.6 Å². The van der Waals surface area contributed by atoms with Crippen LogP contribution < -0.4 is 14.9 Å². The maximum atomic E-state index is 12.2. The Labute approximate surface area is 159 Å². The predicted octanol–water partition coefficient (Wildman–Crippen LogP) is 3.17. The molecule has 140 valence electrons. The standard InChI is InChI=1S/C20H15N3O5/c24-20(9-14-6-3-5-13-4-1-2-7-16(13)14)22-21-11-15-8-18-19(28-12-27-18)10-17(15)23(25)26/h1-8,10-11H,9,12H2,(H,22,24)/b21-11+. The van der Waals surface area contributed by atoms with E-state index in [1.165, 1.54) is 18.3 Å². The van der Waals surface area contributed by atoms with Crippen LogP contribution in [0.2, 0.25) is 0 Å². The molecule has 0 saturated heterocycles. The number of hydrazone groups is 1. The van der Waals surface area contributed by atoms with Gasteiger partial charge in [0.15, 0.2) is 11.5 Å². The van der Waals surface area contributed by atoms with Crippen molar-refractivity contribution in [3.63, 3.8) is 0 Å². The fourth-order valence-electron chi connectivity index (χ4n) is 3.04. The number of nitro benzene ring substituents is 1. The molecule has 0 bridgehead atoms. The summed E-state index contributed by atoms with van der Waals surface area (Å²) in [5, 5.41) is 17.1. The maximum Gasteiger partial charge on any atom is 0.282 e. The quantitative estimate of drug-likeness (QED) is 0.418. The molecule has 1 heterocycles. The molecule has 28 heavy (non-hydrogen) atoms. The summed E-state index contributed by atoms with van der Waals surface area (Å²) >= 11 is 0. The topological polar surface area (TPSA) is 103 Å². The number of ether oxygens (including phenoxy) is 2. The van der Waals surface area contributed by atoms with E-state index in [9.17, 15) is 14.9 Å². The summed E-state index contributed by atoms with van der Waals surface area (Å²) in [6, 6.07) is 16.3. The molecule has 3 aromatic carbocycles. The highest BCUT2D eigenvalue weighted by atomic mass is 16.7. The zero-order valence-electron chi connectivity index (χ0n) is 14.6. The lowest BCUT2D eigenvalue weighted by Crippen LogP contribution is -2.20. The molecule has 0 unspecified atom stereocenters. The first kappa shape index (κ1) is 17.5. The Hall–Kier alpha value is -3.94. The number of nitrogens with one attached hydrogen (secondary N) is 1. The van der Waals surface area contributed by atoms with Crippen LogP contribution in [0.1, 0.15) is 11.1 Å². The van der Waals surface area contributed by atoms with Gasteiger partial charge in [-0.2, -0.15) is 5.10 Å². The second-order valence-electron chi connectivity index (χ2n) is 6.13. The number of carbonyl (C=O) groups excluding carboxylic acids is 1. The molecular formula is C20H15N3O5. The molecule has 3 aromatic rings. The third-order valence-electron chi connectivity index (χ3n) is 4.34. The summed E-state index contributed by atoms with van der Waals surface area (Å²) in [4.78, 5) is 23.0. The molecule has 1 N–H and O–H groups in total. The number of hydrogen-bond acceptors (Lipinski definition) is 6. The lowest BCUT2D eigenvalue weighted by molar-refractivity contribution is -0.385. The molecule has 1 aliphatic heterocycles. The summed E-state index contributed by atoms with van der Waals surface area (Å²) < 4.78 is 10.4. The van der Waals surface area contributed by atoms with Gasteiger partial charge in [-0.05, 0) is 22.4 Å². The Morgan fingerprint density at radius 3 is 2.71 bits per heavy atom. The van der Waals surface area contributed by atoms with Gasteiger partial charge in [0.05, 0.1) is 29.2 Å². The molecule has 0 fully saturated rings. The van der Waals surface area contributed by atoms with E-state index in [1.54, 1.807) is 0 Å². The van der Waals surface area contributed by atoms with Gasteiger partial charge in [0, 0.05) is 0 Å². The minimum atomic E-state index is -0.540. The van der Waals surface area contributed by atoms with Crippen LogP contribution in [0.5, 0.6) is 11.5 Å². The van der Waals surface area contributed by atoms with Crippen molar-refractivity contribution in [3.05, 3.63) is 75.8 Å². The third kappa shape index (κ3) is 3.48. The van der Waals surface area contributed by atoms with Crippen LogP contribution in [0.4, 0.5) is 5.69 Å². The molecule has 0 saturated carbocycles. The molecule has 0 spiro atoms. The van der Waals surface area contributed by atoms with Gasteiger partial charge in [0.1, 0.15) is 0 Å². The first-order valence-electron chi connectivity index (χ1n) is 8.48. The van der Waals surface area contributed by atoms with E-state index >= 15 is 0 Å². The van der Waals surface area contributed by atoms with E-state index in [-0.39, 0.29) is 30.4 Å². The number of rotatable bonds is 5. The molecule has 0 aliphatic carbocycles. The van der Waals surface area contributed by atoms with Gasteiger partial charge in [0.25, 0.3) is 5.69 Å². The van der Waals surface area contributed by atoms with E-state index < -0.39 is 4.92 Å². The fourth-order valence-corrected chi connectivity index (χ4v) is 3.04. The largest absolute Gasteiger partial charge is 0.454 e. The van der Waals surface area contributed by atoms with Gasteiger partial charge in [0.2, 0.25) is 12.7 Å². The molecule has 8 heteroatoms.